The molecule has 5 heteroatoms. The number of fused-ring (bicyclic) bond motifs is 1. The number of benzene rings is 2. The number of nitrogens with zero attached hydrogens (tertiary/aromatic N) is 1. The van der Waals surface area contributed by atoms with Crippen molar-refractivity contribution >= 4 is 23.5 Å². The van der Waals surface area contributed by atoms with E-state index in [4.69, 9.17) is 4.74 Å². The highest BCUT2D eigenvalue weighted by Gasteiger charge is 2.48. The van der Waals surface area contributed by atoms with Crippen molar-refractivity contribution in [3.05, 3.63) is 65.2 Å². The summed E-state index contributed by atoms with van der Waals surface area (Å²) in [6.45, 7) is 6.62. The quantitative estimate of drug-likeness (QED) is 0.516. The second-order valence-electron chi connectivity index (χ2n) is 9.58. The van der Waals surface area contributed by atoms with Crippen molar-refractivity contribution in [2.24, 2.45) is 11.8 Å². The number of hydrogen-bond donors (Lipinski definition) is 0. The Morgan fingerprint density at radius 1 is 0.968 bits per heavy atom. The van der Waals surface area contributed by atoms with Gasteiger partial charge in [-0.3, -0.25) is 14.5 Å². The summed E-state index contributed by atoms with van der Waals surface area (Å²) in [5, 5.41) is 0. The summed E-state index contributed by atoms with van der Waals surface area (Å²) in [5.74, 6) is -1.18. The maximum atomic E-state index is 12.8. The molecule has 2 atom stereocenters. The molecular formula is C26H29NO4. The van der Waals surface area contributed by atoms with Gasteiger partial charge < -0.3 is 4.74 Å². The molecule has 2 aromatic rings. The van der Waals surface area contributed by atoms with E-state index in [1.165, 1.54) is 10.5 Å². The molecule has 0 bridgehead atoms. The van der Waals surface area contributed by atoms with Crippen LogP contribution in [0.25, 0.3) is 0 Å². The molecule has 1 aliphatic carbocycles. The number of imide groups is 1. The van der Waals surface area contributed by atoms with Gasteiger partial charge in [0.25, 0.3) is 0 Å². The number of rotatable bonds is 4. The van der Waals surface area contributed by atoms with E-state index in [0.29, 0.717) is 11.3 Å². The first-order valence-electron chi connectivity index (χ1n) is 11.0. The van der Waals surface area contributed by atoms with Gasteiger partial charge >= 0.3 is 5.97 Å². The van der Waals surface area contributed by atoms with Gasteiger partial charge in [-0.1, -0.05) is 63.9 Å². The Morgan fingerprint density at radius 3 is 2.16 bits per heavy atom. The van der Waals surface area contributed by atoms with Crippen LogP contribution in [-0.4, -0.2) is 17.8 Å². The van der Waals surface area contributed by atoms with Crippen LogP contribution in [0.5, 0.6) is 0 Å². The lowest BCUT2D eigenvalue weighted by Gasteiger charge is -2.19. The van der Waals surface area contributed by atoms with E-state index in [-0.39, 0.29) is 35.7 Å². The van der Waals surface area contributed by atoms with Crippen molar-refractivity contribution in [2.75, 3.05) is 4.90 Å². The molecule has 2 aromatic carbocycles. The first-order valence-corrected chi connectivity index (χ1v) is 11.0. The van der Waals surface area contributed by atoms with E-state index in [9.17, 15) is 14.4 Å². The van der Waals surface area contributed by atoms with E-state index < -0.39 is 5.97 Å². The standard InChI is InChI=1S/C26H29NO4/c1-26(2,3)19-13-11-17(12-14-19)16-31-25(30)18-7-6-8-20(15-18)27-23(28)21-9-4-5-10-22(21)24(27)29/h6-8,11-15,21-22H,4-5,9-10,16H2,1-3H3/t21-,22-/m1/s1. The van der Waals surface area contributed by atoms with Gasteiger partial charge in [0.2, 0.25) is 11.8 Å². The highest BCUT2D eigenvalue weighted by molar-refractivity contribution is 6.22. The van der Waals surface area contributed by atoms with Gasteiger partial charge in [0, 0.05) is 0 Å². The van der Waals surface area contributed by atoms with Crippen LogP contribution in [0.1, 0.15) is 67.9 Å². The average Bonchev–Trinajstić information content (AvgIpc) is 3.02. The van der Waals surface area contributed by atoms with Gasteiger partial charge in [0.1, 0.15) is 6.61 Å². The summed E-state index contributed by atoms with van der Waals surface area (Å²) in [7, 11) is 0. The number of anilines is 1. The molecule has 0 N–H and O–H groups in total. The van der Waals surface area contributed by atoms with Gasteiger partial charge in [-0.15, -0.1) is 0 Å². The second kappa shape index (κ2) is 8.29. The van der Waals surface area contributed by atoms with Crippen LogP contribution in [0, 0.1) is 11.8 Å². The Morgan fingerprint density at radius 2 is 1.58 bits per heavy atom. The fraction of sp³-hybridized carbons (Fsp3) is 0.423. The summed E-state index contributed by atoms with van der Waals surface area (Å²) in [6.07, 6.45) is 3.50. The summed E-state index contributed by atoms with van der Waals surface area (Å²) in [6, 6.07) is 14.6. The Hall–Kier alpha value is -2.95. The van der Waals surface area contributed by atoms with Gasteiger partial charge in [0.05, 0.1) is 23.1 Å². The predicted octanol–water partition coefficient (Wildman–Crippen LogP) is 5.02. The molecule has 4 rings (SSSR count). The third kappa shape index (κ3) is 4.27. The minimum atomic E-state index is -0.474. The Labute approximate surface area is 183 Å². The van der Waals surface area contributed by atoms with Crippen molar-refractivity contribution in [3.63, 3.8) is 0 Å². The van der Waals surface area contributed by atoms with Gasteiger partial charge in [-0.2, -0.15) is 0 Å². The van der Waals surface area contributed by atoms with Crippen LogP contribution in [0.2, 0.25) is 0 Å². The molecule has 1 saturated carbocycles. The smallest absolute Gasteiger partial charge is 0.338 e. The topological polar surface area (TPSA) is 63.7 Å². The number of carbonyl (C=O) groups excluding carboxylic acids is 3. The zero-order chi connectivity index (χ0) is 22.2. The second-order valence-corrected chi connectivity index (χ2v) is 9.58. The molecule has 2 fully saturated rings. The van der Waals surface area contributed by atoms with Crippen LogP contribution in [-0.2, 0) is 26.3 Å². The van der Waals surface area contributed by atoms with Gasteiger partial charge in [-0.25, -0.2) is 4.79 Å². The largest absolute Gasteiger partial charge is 0.457 e. The molecule has 31 heavy (non-hydrogen) atoms. The Balaban J connectivity index is 1.45. The number of esters is 1. The normalized spacial score (nSPS) is 21.2. The number of carbonyl (C=O) groups is 3. The number of amides is 2. The Kier molecular flexibility index (Phi) is 5.69. The minimum absolute atomic E-state index is 0.0671. The first kappa shape index (κ1) is 21.3. The van der Waals surface area contributed by atoms with Crippen molar-refractivity contribution in [3.8, 4) is 0 Å². The van der Waals surface area contributed by atoms with E-state index in [2.05, 4.69) is 20.8 Å². The van der Waals surface area contributed by atoms with Crippen LogP contribution in [0.3, 0.4) is 0 Å². The summed E-state index contributed by atoms with van der Waals surface area (Å²) in [4.78, 5) is 39.5. The van der Waals surface area contributed by atoms with Crippen molar-refractivity contribution in [1.29, 1.82) is 0 Å². The summed E-state index contributed by atoms with van der Waals surface area (Å²) >= 11 is 0. The van der Waals surface area contributed by atoms with Gasteiger partial charge in [-0.05, 0) is 47.6 Å². The molecule has 162 valence electrons. The van der Waals surface area contributed by atoms with Crippen molar-refractivity contribution < 1.29 is 19.1 Å². The van der Waals surface area contributed by atoms with E-state index in [1.807, 2.05) is 24.3 Å². The fourth-order valence-corrected chi connectivity index (χ4v) is 4.52. The van der Waals surface area contributed by atoms with Crippen molar-refractivity contribution in [1.82, 2.24) is 0 Å². The highest BCUT2D eigenvalue weighted by Crippen LogP contribution is 2.40. The molecule has 2 aliphatic rings. The molecule has 5 nitrogen and oxygen atoms in total. The lowest BCUT2D eigenvalue weighted by atomic mass is 9.81. The van der Waals surface area contributed by atoms with Crippen molar-refractivity contribution in [2.45, 2.75) is 58.5 Å². The number of ether oxygens (including phenoxy) is 1. The average molecular weight is 420 g/mol. The van der Waals surface area contributed by atoms with Crippen LogP contribution in [0.15, 0.2) is 48.5 Å². The maximum absolute atomic E-state index is 12.8. The maximum Gasteiger partial charge on any atom is 0.338 e. The third-order valence-corrected chi connectivity index (χ3v) is 6.37. The third-order valence-electron chi connectivity index (χ3n) is 6.37. The van der Waals surface area contributed by atoms with Crippen LogP contribution in [0.4, 0.5) is 5.69 Å². The summed E-state index contributed by atoms with van der Waals surface area (Å²) in [5.41, 5.74) is 2.98. The zero-order valence-electron chi connectivity index (χ0n) is 18.4. The molecule has 0 unspecified atom stereocenters. The van der Waals surface area contributed by atoms with E-state index in [0.717, 1.165) is 31.2 Å². The first-order chi connectivity index (χ1) is 14.8. The minimum Gasteiger partial charge on any atom is -0.457 e. The molecule has 1 saturated heterocycles. The Bertz CT molecular complexity index is 979. The van der Waals surface area contributed by atoms with E-state index in [1.54, 1.807) is 24.3 Å². The summed E-state index contributed by atoms with van der Waals surface area (Å²) < 4.78 is 5.48. The molecule has 1 heterocycles. The SMILES string of the molecule is CC(C)(C)c1ccc(COC(=O)c2cccc(N3C(=O)[C@@H]4CCCC[C@H]4C3=O)c2)cc1. The molecule has 2 amide bonds. The molecule has 0 spiro atoms. The highest BCUT2D eigenvalue weighted by atomic mass is 16.5. The lowest BCUT2D eigenvalue weighted by Crippen LogP contribution is -2.31. The predicted molar refractivity (Wildman–Crippen MR) is 119 cm³/mol. The monoisotopic (exact) mass is 419 g/mol. The molecular weight excluding hydrogens is 390 g/mol. The van der Waals surface area contributed by atoms with Gasteiger partial charge in [0.15, 0.2) is 0 Å². The van der Waals surface area contributed by atoms with E-state index >= 15 is 0 Å². The molecule has 0 radical (unpaired) electrons. The zero-order valence-corrected chi connectivity index (χ0v) is 18.4. The van der Waals surface area contributed by atoms with Crippen LogP contribution < -0.4 is 4.90 Å². The fourth-order valence-electron chi connectivity index (χ4n) is 4.52. The lowest BCUT2D eigenvalue weighted by molar-refractivity contribution is -0.122. The van der Waals surface area contributed by atoms with Crippen LogP contribution >= 0.6 is 0 Å². The number of hydrogen-bond acceptors (Lipinski definition) is 4. The molecule has 0 aromatic heterocycles. The molecule has 1 aliphatic heterocycles.